The standard InChI is InChI=1S/C25H37N5O3/c1-14(17-8-10-18(11-9-17)21-15(2)28-29-16(21)3)27-23(32)20-12-19(31)13-30(20)24(33)22(26-7)25(4,5)6/h8-11,14,19-20,22,26,31H,12-13H2,1-7H3,(H,27,32)(H,28,29)/t14-,19?,20-,22+/m0/s1. The Balaban J connectivity index is 1.72. The van der Waals surface area contributed by atoms with E-state index in [0.29, 0.717) is 0 Å². The van der Waals surface area contributed by atoms with E-state index >= 15 is 0 Å². The average Bonchev–Trinajstić information content (AvgIpc) is 3.29. The molecule has 1 aromatic carbocycles. The molecule has 0 bridgehead atoms. The van der Waals surface area contributed by atoms with E-state index in [1.54, 1.807) is 7.05 Å². The molecule has 1 fully saturated rings. The van der Waals surface area contributed by atoms with Crippen LogP contribution in [0.5, 0.6) is 0 Å². The van der Waals surface area contributed by atoms with Gasteiger partial charge in [0.2, 0.25) is 11.8 Å². The van der Waals surface area contributed by atoms with Crippen molar-refractivity contribution in [3.8, 4) is 11.1 Å². The van der Waals surface area contributed by atoms with Crippen LogP contribution in [0.3, 0.4) is 0 Å². The highest BCUT2D eigenvalue weighted by molar-refractivity contribution is 5.91. The van der Waals surface area contributed by atoms with Crippen LogP contribution in [0.1, 0.15) is 57.1 Å². The van der Waals surface area contributed by atoms with Crippen molar-refractivity contribution in [2.45, 2.75) is 72.2 Å². The van der Waals surface area contributed by atoms with Gasteiger partial charge in [-0.15, -0.1) is 0 Å². The first-order valence-electron chi connectivity index (χ1n) is 11.5. The van der Waals surface area contributed by atoms with E-state index < -0.39 is 18.2 Å². The number of aryl methyl sites for hydroxylation is 2. The molecule has 0 aliphatic carbocycles. The summed E-state index contributed by atoms with van der Waals surface area (Å²) in [4.78, 5) is 27.9. The number of aromatic amines is 1. The number of nitrogens with one attached hydrogen (secondary N) is 3. The van der Waals surface area contributed by atoms with Gasteiger partial charge in [0.25, 0.3) is 0 Å². The third-order valence-corrected chi connectivity index (χ3v) is 6.45. The van der Waals surface area contributed by atoms with Crippen molar-refractivity contribution in [1.82, 2.24) is 25.7 Å². The van der Waals surface area contributed by atoms with Crippen molar-refractivity contribution < 1.29 is 14.7 Å². The Bertz CT molecular complexity index is 973. The minimum Gasteiger partial charge on any atom is -0.391 e. The lowest BCUT2D eigenvalue weighted by Gasteiger charge is -2.34. The fraction of sp³-hybridized carbons (Fsp3) is 0.560. The average molecular weight is 456 g/mol. The highest BCUT2D eigenvalue weighted by Gasteiger charge is 2.43. The number of likely N-dealkylation sites (tertiary alicyclic amines) is 1. The number of benzene rings is 1. The van der Waals surface area contributed by atoms with E-state index in [-0.39, 0.29) is 36.2 Å². The number of hydrogen-bond acceptors (Lipinski definition) is 5. The van der Waals surface area contributed by atoms with Gasteiger partial charge in [0.05, 0.1) is 23.9 Å². The Morgan fingerprint density at radius 1 is 1.21 bits per heavy atom. The first-order chi connectivity index (χ1) is 15.4. The molecule has 1 aliphatic heterocycles. The lowest BCUT2D eigenvalue weighted by Crippen LogP contribution is -2.56. The normalized spacial score (nSPS) is 20.5. The zero-order chi connectivity index (χ0) is 24.5. The number of rotatable bonds is 6. The summed E-state index contributed by atoms with van der Waals surface area (Å²) >= 11 is 0. The molecule has 2 aromatic rings. The molecule has 2 amide bonds. The Hall–Kier alpha value is -2.71. The van der Waals surface area contributed by atoms with Crippen LogP contribution >= 0.6 is 0 Å². The molecule has 1 unspecified atom stereocenters. The van der Waals surface area contributed by atoms with Gasteiger partial charge in [-0.05, 0) is 44.4 Å². The molecule has 8 heteroatoms. The van der Waals surface area contributed by atoms with Gasteiger partial charge in [-0.3, -0.25) is 14.7 Å². The second kappa shape index (κ2) is 9.65. The minimum absolute atomic E-state index is 0.162. The summed E-state index contributed by atoms with van der Waals surface area (Å²) in [5.41, 5.74) is 4.76. The number of amides is 2. The molecule has 1 aromatic heterocycles. The van der Waals surface area contributed by atoms with Crippen molar-refractivity contribution in [2.24, 2.45) is 5.41 Å². The molecule has 0 saturated carbocycles. The van der Waals surface area contributed by atoms with Gasteiger partial charge in [-0.1, -0.05) is 45.0 Å². The molecule has 8 nitrogen and oxygen atoms in total. The van der Waals surface area contributed by atoms with E-state index in [0.717, 1.165) is 28.1 Å². The maximum atomic E-state index is 13.2. The largest absolute Gasteiger partial charge is 0.391 e. The SMILES string of the molecule is CN[C@H](C(=O)N1CC(O)C[C@H]1C(=O)N[C@@H](C)c1ccc(-c2c(C)n[nH]c2C)cc1)C(C)(C)C. The zero-order valence-corrected chi connectivity index (χ0v) is 20.7. The van der Waals surface area contributed by atoms with Crippen LogP contribution < -0.4 is 10.6 Å². The highest BCUT2D eigenvalue weighted by Crippen LogP contribution is 2.28. The topological polar surface area (TPSA) is 110 Å². The fourth-order valence-electron chi connectivity index (χ4n) is 4.71. The van der Waals surface area contributed by atoms with Gasteiger partial charge in [0.1, 0.15) is 6.04 Å². The molecular weight excluding hydrogens is 418 g/mol. The predicted octanol–water partition coefficient (Wildman–Crippen LogP) is 2.47. The number of aliphatic hydroxyl groups excluding tert-OH is 1. The number of likely N-dealkylation sites (N-methyl/N-ethyl adjacent to an activating group) is 1. The first kappa shape index (κ1) is 24.9. The van der Waals surface area contributed by atoms with Crippen LogP contribution in [0.15, 0.2) is 24.3 Å². The second-order valence-electron chi connectivity index (χ2n) is 10.1. The second-order valence-corrected chi connectivity index (χ2v) is 10.1. The van der Waals surface area contributed by atoms with Gasteiger partial charge in [0.15, 0.2) is 0 Å². The van der Waals surface area contributed by atoms with Gasteiger partial charge in [0, 0.05) is 24.2 Å². The van der Waals surface area contributed by atoms with E-state index in [2.05, 4.69) is 20.8 Å². The van der Waals surface area contributed by atoms with Crippen LogP contribution in [0, 0.1) is 19.3 Å². The van der Waals surface area contributed by atoms with Crippen LogP contribution in [0.4, 0.5) is 0 Å². The maximum Gasteiger partial charge on any atom is 0.243 e. The van der Waals surface area contributed by atoms with E-state index in [1.807, 2.05) is 65.8 Å². The van der Waals surface area contributed by atoms with Gasteiger partial charge in [-0.25, -0.2) is 0 Å². The van der Waals surface area contributed by atoms with Gasteiger partial charge in [-0.2, -0.15) is 5.10 Å². The number of carbonyl (C=O) groups excluding carboxylic acids is 2. The molecule has 2 heterocycles. The zero-order valence-electron chi connectivity index (χ0n) is 20.7. The quantitative estimate of drug-likeness (QED) is 0.535. The molecule has 4 N–H and O–H groups in total. The molecule has 1 aliphatic rings. The number of β-amino-alcohol motifs (C(OH)–C–C–N with tert-alkyl or cyclic N) is 1. The lowest BCUT2D eigenvalue weighted by atomic mass is 9.86. The molecule has 1 saturated heterocycles. The highest BCUT2D eigenvalue weighted by atomic mass is 16.3. The number of H-pyrrole nitrogens is 1. The minimum atomic E-state index is -0.710. The number of aliphatic hydroxyl groups is 1. The summed E-state index contributed by atoms with van der Waals surface area (Å²) in [6, 6.07) is 6.67. The smallest absolute Gasteiger partial charge is 0.243 e. The Morgan fingerprint density at radius 3 is 2.36 bits per heavy atom. The van der Waals surface area contributed by atoms with E-state index in [1.165, 1.54) is 4.90 Å². The number of hydrogen-bond donors (Lipinski definition) is 4. The molecule has 0 spiro atoms. The maximum absolute atomic E-state index is 13.2. The summed E-state index contributed by atoms with van der Waals surface area (Å²) in [6.45, 7) is 12.0. The number of aromatic nitrogens is 2. The Kier molecular flexibility index (Phi) is 7.29. The molecule has 4 atom stereocenters. The monoisotopic (exact) mass is 455 g/mol. The summed E-state index contributed by atoms with van der Waals surface area (Å²) in [5, 5.41) is 23.6. The molecule has 33 heavy (non-hydrogen) atoms. The Labute approximate surface area is 196 Å². The van der Waals surface area contributed by atoms with Crippen molar-refractivity contribution in [3.63, 3.8) is 0 Å². The summed E-state index contributed by atoms with van der Waals surface area (Å²) in [6.07, 6.45) is -0.471. The molecule has 0 radical (unpaired) electrons. The van der Waals surface area contributed by atoms with Crippen LogP contribution in [-0.2, 0) is 9.59 Å². The van der Waals surface area contributed by atoms with Crippen molar-refractivity contribution in [1.29, 1.82) is 0 Å². The first-order valence-corrected chi connectivity index (χ1v) is 11.5. The number of carbonyl (C=O) groups is 2. The summed E-state index contributed by atoms with van der Waals surface area (Å²) in [5.74, 6) is -0.411. The molecule has 3 rings (SSSR count). The van der Waals surface area contributed by atoms with Gasteiger partial charge >= 0.3 is 0 Å². The Morgan fingerprint density at radius 2 is 1.85 bits per heavy atom. The summed E-state index contributed by atoms with van der Waals surface area (Å²) < 4.78 is 0. The predicted molar refractivity (Wildman–Crippen MR) is 128 cm³/mol. The van der Waals surface area contributed by atoms with Crippen molar-refractivity contribution >= 4 is 11.8 Å². The van der Waals surface area contributed by atoms with Crippen LogP contribution in [-0.4, -0.2) is 63.8 Å². The van der Waals surface area contributed by atoms with Crippen molar-refractivity contribution in [2.75, 3.05) is 13.6 Å². The third kappa shape index (κ3) is 5.28. The number of nitrogens with zero attached hydrogens (tertiary/aromatic N) is 2. The van der Waals surface area contributed by atoms with Crippen molar-refractivity contribution in [3.05, 3.63) is 41.2 Å². The molecule has 180 valence electrons. The van der Waals surface area contributed by atoms with Crippen LogP contribution in [0.25, 0.3) is 11.1 Å². The van der Waals surface area contributed by atoms with Crippen LogP contribution in [0.2, 0.25) is 0 Å². The van der Waals surface area contributed by atoms with E-state index in [9.17, 15) is 14.7 Å². The van der Waals surface area contributed by atoms with Gasteiger partial charge < -0.3 is 20.6 Å². The third-order valence-electron chi connectivity index (χ3n) is 6.45. The van der Waals surface area contributed by atoms with E-state index in [4.69, 9.17) is 0 Å². The lowest BCUT2D eigenvalue weighted by molar-refractivity contribution is -0.142. The summed E-state index contributed by atoms with van der Waals surface area (Å²) in [7, 11) is 1.74. The fourth-order valence-corrected chi connectivity index (χ4v) is 4.71. The molecular formula is C25H37N5O3.